The van der Waals surface area contributed by atoms with E-state index < -0.39 is 29.2 Å². The molecule has 3 rings (SSSR count). The first kappa shape index (κ1) is 13.8. The van der Waals surface area contributed by atoms with Gasteiger partial charge in [-0.1, -0.05) is 11.6 Å². The Kier molecular flexibility index (Phi) is 3.46. The summed E-state index contributed by atoms with van der Waals surface area (Å²) in [7, 11) is 0. The normalized spacial score (nSPS) is 31.8. The number of aliphatic hydroxyl groups excluding tert-OH is 2. The Balaban J connectivity index is 2.04. The molecule has 3 heterocycles. The number of alkyl halides is 1. The van der Waals surface area contributed by atoms with E-state index in [9.17, 15) is 15.0 Å². The number of nitrogens with zero attached hydrogens (tertiary/aromatic N) is 3. The minimum Gasteiger partial charge on any atom is -0.389 e. The standard InChI is InChI=1S/C10H11ClN4O4S/c11-7(17)5-4(16)6(20)10(19-5)15-2-14-3-8(15)12-1-13-9(3)18/h1-2,4-7,10,16-17,20H,(H,12,13,18)/t4-,5+,6-,7?,10-/m1/s1. The summed E-state index contributed by atoms with van der Waals surface area (Å²) in [5.41, 5.74) is -1.29. The molecule has 5 atom stereocenters. The zero-order chi connectivity index (χ0) is 14.4. The van der Waals surface area contributed by atoms with Gasteiger partial charge in [0.2, 0.25) is 0 Å². The number of hydrogen-bond acceptors (Lipinski definition) is 7. The van der Waals surface area contributed by atoms with E-state index in [1.54, 1.807) is 0 Å². The summed E-state index contributed by atoms with van der Waals surface area (Å²) in [4.78, 5) is 22.0. The molecule has 1 aliphatic heterocycles. The SMILES string of the molecule is O=c1[nH]cnc2c1ncn2[C@@H]1O[C@H](C(O)Cl)[C@@H](O)[C@H]1S. The Bertz CT molecular complexity index is 689. The van der Waals surface area contributed by atoms with Crippen molar-refractivity contribution in [2.75, 3.05) is 0 Å². The maximum absolute atomic E-state index is 11.6. The third-order valence-electron chi connectivity index (χ3n) is 3.19. The largest absolute Gasteiger partial charge is 0.389 e. The predicted molar refractivity (Wildman–Crippen MR) is 72.7 cm³/mol. The number of aromatic amines is 1. The molecule has 0 spiro atoms. The number of ether oxygens (including phenoxy) is 1. The van der Waals surface area contributed by atoms with Crippen LogP contribution < -0.4 is 5.56 Å². The summed E-state index contributed by atoms with van der Waals surface area (Å²) in [5, 5.41) is 18.7. The molecule has 0 saturated carbocycles. The summed E-state index contributed by atoms with van der Waals surface area (Å²) in [6.07, 6.45) is -0.170. The number of aliphatic hydroxyl groups is 2. The van der Waals surface area contributed by atoms with Gasteiger partial charge in [0.25, 0.3) is 5.56 Å². The fourth-order valence-electron chi connectivity index (χ4n) is 2.19. The molecule has 2 aromatic rings. The number of imidazole rings is 1. The Morgan fingerprint density at radius 1 is 1.55 bits per heavy atom. The quantitative estimate of drug-likeness (QED) is 0.427. The van der Waals surface area contributed by atoms with Crippen molar-refractivity contribution in [1.82, 2.24) is 19.5 Å². The average Bonchev–Trinajstić information content (AvgIpc) is 2.94. The molecule has 10 heteroatoms. The van der Waals surface area contributed by atoms with Gasteiger partial charge in [0.15, 0.2) is 23.0 Å². The van der Waals surface area contributed by atoms with E-state index in [-0.39, 0.29) is 11.1 Å². The van der Waals surface area contributed by atoms with Gasteiger partial charge in [-0.3, -0.25) is 9.36 Å². The van der Waals surface area contributed by atoms with Crippen molar-refractivity contribution in [2.45, 2.75) is 29.2 Å². The van der Waals surface area contributed by atoms with Crippen LogP contribution in [0.3, 0.4) is 0 Å². The molecule has 1 aliphatic rings. The van der Waals surface area contributed by atoms with Crippen LogP contribution in [-0.4, -0.2) is 52.8 Å². The molecule has 3 N–H and O–H groups in total. The molecule has 0 bridgehead atoms. The maximum Gasteiger partial charge on any atom is 0.278 e. The molecule has 1 fully saturated rings. The predicted octanol–water partition coefficient (Wildman–Crippen LogP) is -0.767. The molecular weight excluding hydrogens is 308 g/mol. The lowest BCUT2D eigenvalue weighted by Crippen LogP contribution is -2.34. The molecule has 1 saturated heterocycles. The number of aromatic nitrogens is 4. The lowest BCUT2D eigenvalue weighted by atomic mass is 10.2. The highest BCUT2D eigenvalue weighted by Crippen LogP contribution is 2.36. The Morgan fingerprint density at radius 3 is 2.95 bits per heavy atom. The fraction of sp³-hybridized carbons (Fsp3) is 0.500. The lowest BCUT2D eigenvalue weighted by molar-refractivity contribution is -0.0560. The number of halogens is 1. The Hall–Kier alpha value is -1.13. The second-order valence-electron chi connectivity index (χ2n) is 4.40. The van der Waals surface area contributed by atoms with E-state index in [1.807, 2.05) is 0 Å². The molecular formula is C10H11ClN4O4S. The maximum atomic E-state index is 11.6. The lowest BCUT2D eigenvalue weighted by Gasteiger charge is -2.16. The number of thiol groups is 1. The van der Waals surface area contributed by atoms with E-state index in [0.717, 1.165) is 0 Å². The molecule has 2 aromatic heterocycles. The van der Waals surface area contributed by atoms with Crippen LogP contribution in [0.25, 0.3) is 11.2 Å². The van der Waals surface area contributed by atoms with Crippen LogP contribution in [0.15, 0.2) is 17.4 Å². The number of fused-ring (bicyclic) bond motifs is 1. The van der Waals surface area contributed by atoms with Crippen molar-refractivity contribution >= 4 is 35.4 Å². The highest BCUT2D eigenvalue weighted by atomic mass is 35.5. The summed E-state index contributed by atoms with van der Waals surface area (Å²) in [5.74, 6) is 0. The van der Waals surface area contributed by atoms with Gasteiger partial charge in [0.05, 0.1) is 17.9 Å². The Morgan fingerprint density at radius 2 is 2.30 bits per heavy atom. The van der Waals surface area contributed by atoms with Gasteiger partial charge in [-0.25, -0.2) is 9.97 Å². The molecule has 1 unspecified atom stereocenters. The second-order valence-corrected chi connectivity index (χ2v) is 5.44. The first-order valence-corrected chi connectivity index (χ1v) is 6.70. The van der Waals surface area contributed by atoms with Crippen LogP contribution >= 0.6 is 24.2 Å². The third-order valence-corrected chi connectivity index (χ3v) is 3.99. The molecule has 0 amide bonds. The van der Waals surface area contributed by atoms with E-state index in [1.165, 1.54) is 17.2 Å². The number of hydrogen-bond donors (Lipinski definition) is 4. The molecule has 20 heavy (non-hydrogen) atoms. The van der Waals surface area contributed by atoms with Gasteiger partial charge in [0.1, 0.15) is 12.2 Å². The highest BCUT2D eigenvalue weighted by Gasteiger charge is 2.46. The molecule has 8 nitrogen and oxygen atoms in total. The minimum atomic E-state index is -1.37. The number of nitrogens with one attached hydrogen (secondary N) is 1. The van der Waals surface area contributed by atoms with Crippen molar-refractivity contribution < 1.29 is 14.9 Å². The van der Waals surface area contributed by atoms with Crippen LogP contribution in [0.2, 0.25) is 0 Å². The number of rotatable bonds is 2. The van der Waals surface area contributed by atoms with Gasteiger partial charge < -0.3 is 19.9 Å². The second kappa shape index (κ2) is 5.01. The monoisotopic (exact) mass is 318 g/mol. The van der Waals surface area contributed by atoms with Gasteiger partial charge >= 0.3 is 0 Å². The van der Waals surface area contributed by atoms with Crippen LogP contribution in [0, 0.1) is 0 Å². The van der Waals surface area contributed by atoms with Crippen molar-refractivity contribution in [3.63, 3.8) is 0 Å². The van der Waals surface area contributed by atoms with Crippen LogP contribution in [0.1, 0.15) is 6.23 Å². The van der Waals surface area contributed by atoms with Crippen molar-refractivity contribution in [3.8, 4) is 0 Å². The number of H-pyrrole nitrogens is 1. The molecule has 0 aromatic carbocycles. The van der Waals surface area contributed by atoms with Crippen molar-refractivity contribution in [2.24, 2.45) is 0 Å². The first-order valence-electron chi connectivity index (χ1n) is 5.74. The molecule has 108 valence electrons. The average molecular weight is 319 g/mol. The van der Waals surface area contributed by atoms with E-state index >= 15 is 0 Å². The smallest absolute Gasteiger partial charge is 0.278 e. The van der Waals surface area contributed by atoms with E-state index in [4.69, 9.17) is 16.3 Å². The van der Waals surface area contributed by atoms with Crippen LogP contribution in [-0.2, 0) is 4.74 Å². The molecule has 0 aliphatic carbocycles. The third kappa shape index (κ3) is 2.02. The fourth-order valence-corrected chi connectivity index (χ4v) is 2.78. The van der Waals surface area contributed by atoms with Crippen molar-refractivity contribution in [3.05, 3.63) is 23.0 Å². The first-order chi connectivity index (χ1) is 9.50. The van der Waals surface area contributed by atoms with Crippen LogP contribution in [0.4, 0.5) is 0 Å². The summed E-state index contributed by atoms with van der Waals surface area (Å²) in [6.45, 7) is 0. The zero-order valence-corrected chi connectivity index (χ0v) is 11.6. The van der Waals surface area contributed by atoms with Gasteiger partial charge in [-0.05, 0) is 0 Å². The van der Waals surface area contributed by atoms with Gasteiger partial charge in [-0.2, -0.15) is 12.6 Å². The molecule has 0 radical (unpaired) electrons. The van der Waals surface area contributed by atoms with E-state index in [0.29, 0.717) is 5.65 Å². The van der Waals surface area contributed by atoms with Crippen LogP contribution in [0.5, 0.6) is 0 Å². The minimum absolute atomic E-state index is 0.154. The summed E-state index contributed by atoms with van der Waals surface area (Å²) < 4.78 is 6.98. The zero-order valence-electron chi connectivity index (χ0n) is 9.92. The summed E-state index contributed by atoms with van der Waals surface area (Å²) >= 11 is 9.82. The topological polar surface area (TPSA) is 113 Å². The Labute approximate surface area is 122 Å². The summed E-state index contributed by atoms with van der Waals surface area (Å²) in [6, 6.07) is 0. The van der Waals surface area contributed by atoms with Gasteiger partial charge in [-0.15, -0.1) is 0 Å². The van der Waals surface area contributed by atoms with Crippen molar-refractivity contribution in [1.29, 1.82) is 0 Å². The highest BCUT2D eigenvalue weighted by molar-refractivity contribution is 7.81. The van der Waals surface area contributed by atoms with Gasteiger partial charge in [0, 0.05) is 0 Å². The van der Waals surface area contributed by atoms with E-state index in [2.05, 4.69) is 27.6 Å².